The van der Waals surface area contributed by atoms with E-state index in [-0.39, 0.29) is 47.8 Å². The number of nitrogens with zero attached hydrogens (tertiary/aromatic N) is 4. The van der Waals surface area contributed by atoms with E-state index in [0.29, 0.717) is 51.8 Å². The number of nitro groups is 1. The molecule has 0 radical (unpaired) electrons. The molecule has 0 fully saturated rings. The number of hydrogen-bond acceptors (Lipinski definition) is 11. The van der Waals surface area contributed by atoms with Crippen LogP contribution in [-0.4, -0.2) is 37.5 Å². The number of carbonyl (C=O) groups excluding carboxylic acids is 3. The van der Waals surface area contributed by atoms with Gasteiger partial charge in [0.1, 0.15) is 23.9 Å². The second-order valence-electron chi connectivity index (χ2n) is 12.8. The van der Waals surface area contributed by atoms with Crippen LogP contribution in [0.15, 0.2) is 65.6 Å². The van der Waals surface area contributed by atoms with E-state index in [1.807, 2.05) is 0 Å². The quantitative estimate of drug-likeness (QED) is 0.100. The lowest BCUT2D eigenvalue weighted by Gasteiger charge is -2.35. The Hall–Kier alpha value is -6.51. The Morgan fingerprint density at radius 3 is 2.63 bits per heavy atom. The van der Waals surface area contributed by atoms with Gasteiger partial charge >= 0.3 is 12.1 Å². The van der Waals surface area contributed by atoms with Gasteiger partial charge in [-0.05, 0) is 73.2 Å². The first kappa shape index (κ1) is 32.7. The molecule has 3 aromatic heterocycles. The van der Waals surface area contributed by atoms with E-state index in [9.17, 15) is 29.3 Å². The highest BCUT2D eigenvalue weighted by atomic mass is 19.1. The molecule has 0 spiro atoms. The van der Waals surface area contributed by atoms with Crippen molar-refractivity contribution >= 4 is 34.6 Å². The van der Waals surface area contributed by atoms with Crippen molar-refractivity contribution in [1.29, 1.82) is 0 Å². The molecular formula is C37H28FN5O9. The van der Waals surface area contributed by atoms with Crippen LogP contribution in [0.5, 0.6) is 5.75 Å². The molecule has 15 heteroatoms. The van der Waals surface area contributed by atoms with Crippen LogP contribution >= 0.6 is 0 Å². The summed E-state index contributed by atoms with van der Waals surface area (Å²) in [6.45, 7) is 2.96. The zero-order valence-electron chi connectivity index (χ0n) is 27.7. The summed E-state index contributed by atoms with van der Waals surface area (Å²) >= 11 is 0. The van der Waals surface area contributed by atoms with E-state index in [4.69, 9.17) is 19.2 Å². The Kier molecular flexibility index (Phi) is 7.59. The minimum Gasteiger partial charge on any atom is -0.457 e. The lowest BCUT2D eigenvalue weighted by atomic mass is 9.81. The standard InChI is InChI=1S/C37H28FN5O9/c1-3-37(52-36(47)51-20-9-7-19(8-10-20)43(48)49)24-14-29-32-22(16-42(29)34(45)23(24)17-50-35(37)46)31-26(41-33(44)27-6-4-5-13-39-27)12-11-21-18(2)25(38)15-28(40-32)30(21)31/h4-10,13-15,26H,3,11-12,16-17H2,1-2H3,(H,41,44). The number of benzene rings is 2. The van der Waals surface area contributed by atoms with Gasteiger partial charge < -0.3 is 24.1 Å². The molecule has 0 bridgehead atoms. The Bertz CT molecular complexity index is 2450. The maximum atomic E-state index is 15.3. The van der Waals surface area contributed by atoms with Gasteiger partial charge in [0.05, 0.1) is 40.0 Å². The van der Waals surface area contributed by atoms with Crippen molar-refractivity contribution in [1.82, 2.24) is 19.9 Å². The molecule has 5 heterocycles. The van der Waals surface area contributed by atoms with Crippen LogP contribution in [0.1, 0.15) is 69.7 Å². The number of hydrogen-bond donors (Lipinski definition) is 1. The molecule has 262 valence electrons. The topological polar surface area (TPSA) is 182 Å². The summed E-state index contributed by atoms with van der Waals surface area (Å²) in [5, 5.41) is 14.8. The van der Waals surface area contributed by atoms with E-state index in [0.717, 1.165) is 17.7 Å². The van der Waals surface area contributed by atoms with Crippen molar-refractivity contribution in [3.8, 4) is 17.1 Å². The number of fused-ring (bicyclic) bond motifs is 5. The molecule has 0 saturated carbocycles. The van der Waals surface area contributed by atoms with Crippen molar-refractivity contribution in [3.05, 3.63) is 126 Å². The first-order chi connectivity index (χ1) is 25.0. The maximum absolute atomic E-state index is 15.3. The average Bonchev–Trinajstić information content (AvgIpc) is 3.51. The van der Waals surface area contributed by atoms with Crippen LogP contribution in [0.2, 0.25) is 0 Å². The molecule has 1 amide bonds. The Morgan fingerprint density at radius 2 is 1.92 bits per heavy atom. The number of amides is 1. The maximum Gasteiger partial charge on any atom is 0.515 e. The molecule has 0 saturated heterocycles. The normalized spacial score (nSPS) is 18.1. The molecule has 2 unspecified atom stereocenters. The highest BCUT2D eigenvalue weighted by molar-refractivity contribution is 5.96. The number of halogens is 1. The Balaban J connectivity index is 1.24. The number of pyridine rings is 3. The summed E-state index contributed by atoms with van der Waals surface area (Å²) in [5.41, 5.74) is 1.19. The van der Waals surface area contributed by atoms with Crippen molar-refractivity contribution < 1.29 is 37.9 Å². The first-order valence-corrected chi connectivity index (χ1v) is 16.5. The molecular weight excluding hydrogens is 677 g/mol. The van der Waals surface area contributed by atoms with Gasteiger partial charge in [-0.1, -0.05) is 13.0 Å². The molecule has 5 aromatic rings. The van der Waals surface area contributed by atoms with Crippen LogP contribution in [-0.2, 0) is 39.4 Å². The Labute approximate surface area is 293 Å². The highest BCUT2D eigenvalue weighted by Gasteiger charge is 2.51. The lowest BCUT2D eigenvalue weighted by molar-refractivity contribution is -0.384. The van der Waals surface area contributed by atoms with Crippen LogP contribution < -0.4 is 15.6 Å². The zero-order chi connectivity index (χ0) is 36.5. The monoisotopic (exact) mass is 705 g/mol. The molecule has 8 rings (SSSR count). The third kappa shape index (κ3) is 4.99. The fraction of sp³-hybridized carbons (Fsp3) is 0.243. The van der Waals surface area contributed by atoms with Crippen LogP contribution in [0, 0.1) is 22.9 Å². The predicted octanol–water partition coefficient (Wildman–Crippen LogP) is 5.47. The van der Waals surface area contributed by atoms with Crippen molar-refractivity contribution in [2.75, 3.05) is 0 Å². The summed E-state index contributed by atoms with van der Waals surface area (Å²) in [6, 6.07) is 12.1. The molecule has 1 N–H and O–H groups in total. The number of carbonyl (C=O) groups is 3. The van der Waals surface area contributed by atoms with Gasteiger partial charge in [-0.2, -0.15) is 0 Å². The third-order valence-corrected chi connectivity index (χ3v) is 10.1. The number of aromatic nitrogens is 3. The number of esters is 1. The number of nitro benzene ring substituents is 1. The van der Waals surface area contributed by atoms with Crippen molar-refractivity contribution in [2.45, 2.75) is 57.9 Å². The zero-order valence-corrected chi connectivity index (χ0v) is 27.7. The van der Waals surface area contributed by atoms with Crippen LogP contribution in [0.25, 0.3) is 22.3 Å². The number of cyclic esters (lactones) is 1. The highest BCUT2D eigenvalue weighted by Crippen LogP contribution is 2.46. The SMILES string of the molecule is CCC1(OC(=O)Oc2ccc([N+](=O)[O-])cc2)C(=O)OCc2c1cc1n(c2=O)Cc2c-1nc1cc(F)c(C)c3c1c2C(NC(=O)c1ccccn1)CC3. The molecule has 52 heavy (non-hydrogen) atoms. The van der Waals surface area contributed by atoms with E-state index < -0.39 is 46.0 Å². The smallest absolute Gasteiger partial charge is 0.457 e. The number of rotatable bonds is 6. The van der Waals surface area contributed by atoms with Crippen molar-refractivity contribution in [3.63, 3.8) is 0 Å². The predicted molar refractivity (Wildman–Crippen MR) is 180 cm³/mol. The third-order valence-electron chi connectivity index (χ3n) is 10.1. The Morgan fingerprint density at radius 1 is 1.13 bits per heavy atom. The van der Waals surface area contributed by atoms with E-state index in [1.54, 1.807) is 38.1 Å². The molecule has 2 aliphatic heterocycles. The van der Waals surface area contributed by atoms with E-state index in [2.05, 4.69) is 10.3 Å². The molecule has 2 aromatic carbocycles. The molecule has 1 aliphatic carbocycles. The number of non-ortho nitro benzene ring substituents is 1. The summed E-state index contributed by atoms with van der Waals surface area (Å²) in [6.07, 6.45) is 1.01. The summed E-state index contributed by atoms with van der Waals surface area (Å²) < 4.78 is 33.2. The minimum atomic E-state index is -2.09. The van der Waals surface area contributed by atoms with E-state index >= 15 is 4.39 Å². The summed E-state index contributed by atoms with van der Waals surface area (Å²) in [7, 11) is 0. The number of nitrogens with one attached hydrogen (secondary N) is 1. The van der Waals surface area contributed by atoms with Gasteiger partial charge in [-0.15, -0.1) is 0 Å². The average molecular weight is 706 g/mol. The van der Waals surface area contributed by atoms with Gasteiger partial charge in [0.2, 0.25) is 5.60 Å². The summed E-state index contributed by atoms with van der Waals surface area (Å²) in [4.78, 5) is 73.7. The molecule has 2 atom stereocenters. The van der Waals surface area contributed by atoms with Crippen molar-refractivity contribution in [2.24, 2.45) is 0 Å². The second kappa shape index (κ2) is 12.1. The molecule has 3 aliphatic rings. The first-order valence-electron chi connectivity index (χ1n) is 16.5. The second-order valence-corrected chi connectivity index (χ2v) is 12.8. The summed E-state index contributed by atoms with van der Waals surface area (Å²) in [5.74, 6) is -1.83. The van der Waals surface area contributed by atoms with Gasteiger partial charge in [0.25, 0.3) is 17.2 Å². The van der Waals surface area contributed by atoms with Gasteiger partial charge in [0, 0.05) is 40.9 Å². The minimum absolute atomic E-state index is 0.0665. The number of ether oxygens (including phenoxy) is 3. The largest absolute Gasteiger partial charge is 0.515 e. The lowest BCUT2D eigenvalue weighted by Crippen LogP contribution is -2.47. The van der Waals surface area contributed by atoms with Crippen LogP contribution in [0.3, 0.4) is 0 Å². The van der Waals surface area contributed by atoms with Crippen LogP contribution in [0.4, 0.5) is 14.9 Å². The molecule has 14 nitrogen and oxygen atoms in total. The van der Waals surface area contributed by atoms with Gasteiger partial charge in [-0.25, -0.2) is 19.0 Å². The fourth-order valence-corrected chi connectivity index (χ4v) is 7.48. The van der Waals surface area contributed by atoms with Gasteiger partial charge in [0.15, 0.2) is 0 Å². The van der Waals surface area contributed by atoms with E-state index in [1.165, 1.54) is 29.0 Å². The van der Waals surface area contributed by atoms with Gasteiger partial charge in [-0.3, -0.25) is 24.7 Å². The number of aryl methyl sites for hydroxylation is 1. The fourth-order valence-electron chi connectivity index (χ4n) is 7.48.